The van der Waals surface area contributed by atoms with E-state index in [1.165, 1.54) is 0 Å². The number of alkyl halides is 2. The van der Waals surface area contributed by atoms with Gasteiger partial charge in [0.15, 0.2) is 5.78 Å². The molecule has 0 unspecified atom stereocenters. The Kier molecular flexibility index (Phi) is 2.90. The largest absolute Gasteiger partial charge is 0.292 e. The number of rotatable bonds is 0. The first-order chi connectivity index (χ1) is 6.11. The minimum Gasteiger partial charge on any atom is -0.292 e. The first-order valence-corrected chi connectivity index (χ1v) is 6.90. The van der Waals surface area contributed by atoms with E-state index in [9.17, 15) is 4.79 Å². The fourth-order valence-electron chi connectivity index (χ4n) is 1.21. The monoisotopic (exact) mass is 416 g/mol. The molecule has 0 atom stereocenters. The number of carbonyl (C=O) groups is 1. The lowest BCUT2D eigenvalue weighted by molar-refractivity contribution is 0.0990. The number of hydrogen-bond acceptors (Lipinski definition) is 2. The van der Waals surface area contributed by atoms with Gasteiger partial charge >= 0.3 is 0 Å². The number of thioether (sulfide) groups is 1. The van der Waals surface area contributed by atoms with E-state index in [-0.39, 0.29) is 7.21 Å². The Labute approximate surface area is 108 Å². The summed E-state index contributed by atoms with van der Waals surface area (Å²) in [6.07, 6.45) is 0. The number of benzene rings is 1. The second kappa shape index (κ2) is 3.69. The molecule has 1 nitrogen and oxygen atoms in total. The van der Waals surface area contributed by atoms with Crippen molar-refractivity contribution in [1.29, 1.82) is 0 Å². The topological polar surface area (TPSA) is 17.1 Å². The smallest absolute Gasteiger partial charge is 0.190 e. The summed E-state index contributed by atoms with van der Waals surface area (Å²) in [5.74, 6) is 1.12. The van der Waals surface area contributed by atoms with E-state index in [0.29, 0.717) is 0 Å². The van der Waals surface area contributed by atoms with Gasteiger partial charge in [-0.15, -0.1) is 11.8 Å². The molecule has 1 heterocycles. The average molecular weight is 416 g/mol. The second-order valence-corrected chi connectivity index (χ2v) is 9.58. The molecule has 0 amide bonds. The lowest BCUT2D eigenvalue weighted by Crippen LogP contribution is -2.31. The molecule has 2 rings (SSSR count). The molecule has 0 aliphatic carbocycles. The summed E-state index contributed by atoms with van der Waals surface area (Å²) in [5, 5.41) is 0. The number of carbonyl (C=O) groups excluding carboxylic acids is 1. The van der Waals surface area contributed by atoms with Crippen molar-refractivity contribution < 1.29 is 4.79 Å². The molecule has 1 aliphatic rings. The van der Waals surface area contributed by atoms with Gasteiger partial charge in [-0.1, -0.05) is 63.4 Å². The molecule has 0 radical (unpaired) electrons. The van der Waals surface area contributed by atoms with Gasteiger partial charge in [0.1, 0.15) is 1.43 Å². The Morgan fingerprint density at radius 2 is 2.00 bits per heavy atom. The van der Waals surface area contributed by atoms with Gasteiger partial charge in [-0.3, -0.25) is 4.79 Å². The standard InChI is InChI=1S/C9H6I2OS/c10-9(11)5-13-7-4-2-1-3-6(7)8(9)12/h1-4H,5H2. The lowest BCUT2D eigenvalue weighted by Gasteiger charge is -2.25. The number of halogens is 2. The summed E-state index contributed by atoms with van der Waals surface area (Å²) in [4.78, 5) is 13.0. The third-order valence-electron chi connectivity index (χ3n) is 1.87. The van der Waals surface area contributed by atoms with Gasteiger partial charge in [0.05, 0.1) is 0 Å². The zero-order valence-electron chi connectivity index (χ0n) is 6.59. The molecule has 4 heteroatoms. The molecule has 13 heavy (non-hydrogen) atoms. The third kappa shape index (κ3) is 1.90. The summed E-state index contributed by atoms with van der Waals surface area (Å²) in [6, 6.07) is 7.83. The van der Waals surface area contributed by atoms with Crippen LogP contribution >= 0.6 is 56.9 Å². The highest BCUT2D eigenvalue weighted by Gasteiger charge is 2.37. The van der Waals surface area contributed by atoms with E-state index in [4.69, 9.17) is 0 Å². The number of ketones is 1. The quantitative estimate of drug-likeness (QED) is 0.476. The Morgan fingerprint density at radius 1 is 1.31 bits per heavy atom. The van der Waals surface area contributed by atoms with Crippen LogP contribution in [0.5, 0.6) is 0 Å². The molecule has 1 aromatic rings. The van der Waals surface area contributed by atoms with Crippen molar-refractivity contribution >= 4 is 62.7 Å². The summed E-state index contributed by atoms with van der Waals surface area (Å²) in [5.41, 5.74) is 0.877. The maximum atomic E-state index is 11.9. The van der Waals surface area contributed by atoms with Crippen LogP contribution in [-0.4, -0.2) is 13.0 Å². The molecule has 68 valence electrons. The third-order valence-corrected chi connectivity index (χ3v) is 5.89. The van der Waals surface area contributed by atoms with Gasteiger partial charge in [0.25, 0.3) is 0 Å². The van der Waals surface area contributed by atoms with E-state index in [1.54, 1.807) is 11.8 Å². The summed E-state index contributed by atoms with van der Waals surface area (Å²) in [6.45, 7) is 0. The van der Waals surface area contributed by atoms with Crippen LogP contribution in [0.2, 0.25) is 0 Å². The highest BCUT2D eigenvalue weighted by Crippen LogP contribution is 2.43. The minimum absolute atomic E-state index is 0.253. The molecule has 0 spiro atoms. The van der Waals surface area contributed by atoms with Crippen LogP contribution in [0.15, 0.2) is 29.2 Å². The molecule has 0 bridgehead atoms. The van der Waals surface area contributed by atoms with Crippen molar-refractivity contribution in [3.63, 3.8) is 0 Å². The fourth-order valence-corrected chi connectivity index (χ4v) is 3.69. The molecule has 1 aliphatic heterocycles. The minimum atomic E-state index is -0.255. The number of hydrogen-bond donors (Lipinski definition) is 0. The van der Waals surface area contributed by atoms with Crippen LogP contribution in [0.3, 0.4) is 0 Å². The van der Waals surface area contributed by atoms with Crippen LogP contribution in [0.4, 0.5) is 0 Å². The van der Waals surface area contributed by atoms with Gasteiger partial charge in [-0.05, 0) is 6.07 Å². The van der Waals surface area contributed by atoms with E-state index < -0.39 is 0 Å². The zero-order chi connectivity index (χ0) is 9.47. The van der Waals surface area contributed by atoms with Crippen molar-refractivity contribution in [2.24, 2.45) is 0 Å². The first kappa shape index (κ1) is 10.2. The first-order valence-electron chi connectivity index (χ1n) is 3.76. The van der Waals surface area contributed by atoms with E-state index >= 15 is 0 Å². The molecule has 0 saturated carbocycles. The fraction of sp³-hybridized carbons (Fsp3) is 0.222. The van der Waals surface area contributed by atoms with Crippen molar-refractivity contribution in [3.8, 4) is 0 Å². The number of Topliss-reactive ketones (excluding diaryl/α,β-unsaturated/α-hetero) is 1. The Hall–Kier alpha value is 0.700. The molecular weight excluding hydrogens is 410 g/mol. The van der Waals surface area contributed by atoms with Gasteiger partial charge in [-0.2, -0.15) is 0 Å². The summed E-state index contributed by atoms with van der Waals surface area (Å²) in [7, 11) is 0. The number of fused-ring (bicyclic) bond motifs is 1. The van der Waals surface area contributed by atoms with Crippen molar-refractivity contribution in [2.45, 2.75) is 6.32 Å². The van der Waals surface area contributed by atoms with Gasteiger partial charge < -0.3 is 0 Å². The van der Waals surface area contributed by atoms with Gasteiger partial charge in [0.2, 0.25) is 0 Å². The van der Waals surface area contributed by atoms with Crippen molar-refractivity contribution in [3.05, 3.63) is 29.8 Å². The molecule has 0 fully saturated rings. The lowest BCUT2D eigenvalue weighted by atomic mass is 10.1. The van der Waals surface area contributed by atoms with Gasteiger partial charge in [-0.25, -0.2) is 0 Å². The Morgan fingerprint density at radius 3 is 2.77 bits per heavy atom. The second-order valence-electron chi connectivity index (χ2n) is 2.82. The van der Waals surface area contributed by atoms with Gasteiger partial charge in [0, 0.05) is 16.2 Å². The molecule has 0 saturated heterocycles. The van der Waals surface area contributed by atoms with Crippen molar-refractivity contribution in [2.75, 3.05) is 5.75 Å². The highest BCUT2D eigenvalue weighted by atomic mass is 127. The molecule has 0 aromatic heterocycles. The maximum absolute atomic E-state index is 11.9. The van der Waals surface area contributed by atoms with Crippen LogP contribution in [0.1, 0.15) is 10.4 Å². The van der Waals surface area contributed by atoms with E-state index in [0.717, 1.165) is 16.2 Å². The van der Waals surface area contributed by atoms with Crippen LogP contribution in [0.25, 0.3) is 0 Å². The zero-order valence-corrected chi connectivity index (χ0v) is 11.7. The van der Waals surface area contributed by atoms with Crippen molar-refractivity contribution in [1.82, 2.24) is 0 Å². The average Bonchev–Trinajstić information content (AvgIpc) is 2.13. The highest BCUT2D eigenvalue weighted by molar-refractivity contribution is 14.2. The van der Waals surface area contributed by atoms with E-state index in [2.05, 4.69) is 45.2 Å². The molecule has 1 aromatic carbocycles. The molecular formula is C9H6I2OS. The predicted molar refractivity (Wildman–Crippen MR) is 72.3 cm³/mol. The summed E-state index contributed by atoms with van der Waals surface area (Å²) >= 11 is 6.22. The predicted octanol–water partition coefficient (Wildman–Crippen LogP) is 3.54. The summed E-state index contributed by atoms with van der Waals surface area (Å²) < 4.78 is -0.255. The van der Waals surface area contributed by atoms with E-state index in [1.807, 2.05) is 24.3 Å². The normalized spacial score (nSPS) is 19.7. The SMILES string of the molecule is O=C1c2ccccc2SCC1(I)I. The van der Waals surface area contributed by atoms with Crippen LogP contribution in [-0.2, 0) is 0 Å². The van der Waals surface area contributed by atoms with Crippen LogP contribution < -0.4 is 0 Å². The Bertz CT molecular complexity index is 362. The van der Waals surface area contributed by atoms with Crippen LogP contribution in [0, 0.1) is 0 Å². The Balaban J connectivity index is 2.52. The maximum Gasteiger partial charge on any atom is 0.190 e. The molecule has 0 N–H and O–H groups in total.